The van der Waals surface area contributed by atoms with Gasteiger partial charge in [-0.3, -0.25) is 0 Å². The summed E-state index contributed by atoms with van der Waals surface area (Å²) in [6, 6.07) is 9.80. The first kappa shape index (κ1) is 14.5. The van der Waals surface area contributed by atoms with Gasteiger partial charge in [0.15, 0.2) is 0 Å². The van der Waals surface area contributed by atoms with E-state index in [1.54, 1.807) is 0 Å². The van der Waals surface area contributed by atoms with Crippen LogP contribution in [-0.4, -0.2) is 21.6 Å². The number of nitrogens with zero attached hydrogens (tertiary/aromatic N) is 3. The van der Waals surface area contributed by atoms with E-state index in [-0.39, 0.29) is 0 Å². The van der Waals surface area contributed by atoms with Gasteiger partial charge in [-0.05, 0) is 18.1 Å². The van der Waals surface area contributed by atoms with Crippen LogP contribution >= 0.6 is 0 Å². The lowest BCUT2D eigenvalue weighted by Gasteiger charge is -2.10. The Balaban J connectivity index is 1.98. The fourth-order valence-corrected chi connectivity index (χ4v) is 2.08. The van der Waals surface area contributed by atoms with E-state index in [4.69, 9.17) is 10.5 Å². The fourth-order valence-electron chi connectivity index (χ4n) is 2.08. The predicted molar refractivity (Wildman–Crippen MR) is 78.4 cm³/mol. The number of nitrogens with two attached hydrogens (primary N) is 1. The van der Waals surface area contributed by atoms with Crippen LogP contribution in [-0.2, 0) is 19.5 Å². The zero-order chi connectivity index (χ0) is 14.4. The van der Waals surface area contributed by atoms with Crippen molar-refractivity contribution in [2.24, 2.45) is 11.7 Å². The molecule has 0 aliphatic carbocycles. The van der Waals surface area contributed by atoms with Gasteiger partial charge in [0.1, 0.15) is 5.75 Å². The topological polar surface area (TPSA) is 66.0 Å². The summed E-state index contributed by atoms with van der Waals surface area (Å²) in [5.41, 5.74) is 7.66. The van der Waals surface area contributed by atoms with Crippen molar-refractivity contribution in [3.8, 4) is 5.75 Å². The van der Waals surface area contributed by atoms with Crippen LogP contribution in [0.5, 0.6) is 5.75 Å². The van der Waals surface area contributed by atoms with Crippen molar-refractivity contribution in [2.45, 2.75) is 33.4 Å². The van der Waals surface area contributed by atoms with E-state index in [0.29, 0.717) is 19.1 Å². The Morgan fingerprint density at radius 3 is 2.65 bits per heavy atom. The molecule has 0 saturated heterocycles. The van der Waals surface area contributed by atoms with Crippen LogP contribution in [0.1, 0.15) is 25.2 Å². The summed E-state index contributed by atoms with van der Waals surface area (Å²) >= 11 is 0. The molecule has 0 aliphatic heterocycles. The predicted octanol–water partition coefficient (Wildman–Crippen LogP) is 2.01. The van der Waals surface area contributed by atoms with Crippen LogP contribution < -0.4 is 10.5 Å². The first-order chi connectivity index (χ1) is 9.70. The molecule has 1 aromatic heterocycles. The van der Waals surface area contributed by atoms with Crippen LogP contribution in [0, 0.1) is 5.92 Å². The van der Waals surface area contributed by atoms with E-state index in [1.807, 2.05) is 35.0 Å². The maximum atomic E-state index is 5.73. The van der Waals surface area contributed by atoms with Gasteiger partial charge in [-0.2, -0.15) is 0 Å². The van der Waals surface area contributed by atoms with E-state index < -0.39 is 0 Å². The molecule has 1 heterocycles. The molecule has 0 radical (unpaired) electrons. The number of para-hydroxylation sites is 1. The third kappa shape index (κ3) is 3.81. The van der Waals surface area contributed by atoms with E-state index in [1.165, 1.54) is 0 Å². The van der Waals surface area contributed by atoms with Crippen molar-refractivity contribution in [2.75, 3.05) is 6.61 Å². The normalized spacial score (nSPS) is 11.0. The zero-order valence-corrected chi connectivity index (χ0v) is 12.1. The highest BCUT2D eigenvalue weighted by molar-refractivity contribution is 5.21. The van der Waals surface area contributed by atoms with Gasteiger partial charge in [-0.1, -0.05) is 37.3 Å². The molecule has 1 aromatic carbocycles. The minimum absolute atomic E-state index is 0.415. The van der Waals surface area contributed by atoms with E-state index in [2.05, 4.69) is 24.2 Å². The Bertz CT molecular complexity index is 522. The van der Waals surface area contributed by atoms with Crippen molar-refractivity contribution < 1.29 is 4.74 Å². The van der Waals surface area contributed by atoms with Gasteiger partial charge < -0.3 is 10.5 Å². The Morgan fingerprint density at radius 1 is 1.25 bits per heavy atom. The lowest BCUT2D eigenvalue weighted by molar-refractivity contribution is 0.315. The summed E-state index contributed by atoms with van der Waals surface area (Å²) in [5.74, 6) is 1.40. The van der Waals surface area contributed by atoms with Crippen LogP contribution in [0.25, 0.3) is 0 Å². The van der Waals surface area contributed by atoms with Gasteiger partial charge in [0.05, 0.1) is 18.0 Å². The molecule has 0 fully saturated rings. The number of aromatic nitrogens is 3. The van der Waals surface area contributed by atoms with Crippen molar-refractivity contribution in [3.05, 3.63) is 41.7 Å². The van der Waals surface area contributed by atoms with E-state index in [0.717, 1.165) is 30.1 Å². The monoisotopic (exact) mass is 274 g/mol. The molecule has 108 valence electrons. The van der Waals surface area contributed by atoms with Gasteiger partial charge in [0, 0.05) is 19.5 Å². The number of rotatable bonds is 7. The number of hydrogen-bond donors (Lipinski definition) is 1. The van der Waals surface area contributed by atoms with Gasteiger partial charge >= 0.3 is 0 Å². The molecule has 2 rings (SSSR count). The Morgan fingerprint density at radius 2 is 2.00 bits per heavy atom. The molecule has 0 atom stereocenters. The minimum Gasteiger partial charge on any atom is -0.493 e. The van der Waals surface area contributed by atoms with Crippen molar-refractivity contribution >= 4 is 0 Å². The summed E-state index contributed by atoms with van der Waals surface area (Å²) in [5, 5.41) is 8.33. The molecule has 0 aliphatic rings. The van der Waals surface area contributed by atoms with Gasteiger partial charge in [-0.15, -0.1) is 5.10 Å². The number of ether oxygens (including phenoxy) is 1. The number of benzene rings is 1. The molecule has 20 heavy (non-hydrogen) atoms. The SMILES string of the molecule is CC(C)Cn1nnc(CN)c1CCOc1ccccc1. The molecule has 0 spiro atoms. The van der Waals surface area contributed by atoms with Crippen molar-refractivity contribution in [3.63, 3.8) is 0 Å². The molecule has 5 heteroatoms. The molecule has 2 N–H and O–H groups in total. The maximum Gasteiger partial charge on any atom is 0.119 e. The third-order valence-corrected chi connectivity index (χ3v) is 3.00. The highest BCUT2D eigenvalue weighted by Crippen LogP contribution is 2.12. The first-order valence-electron chi connectivity index (χ1n) is 7.00. The maximum absolute atomic E-state index is 5.73. The zero-order valence-electron chi connectivity index (χ0n) is 12.1. The van der Waals surface area contributed by atoms with Crippen LogP contribution in [0.15, 0.2) is 30.3 Å². The molecular formula is C15H22N4O. The minimum atomic E-state index is 0.415. The van der Waals surface area contributed by atoms with E-state index >= 15 is 0 Å². The van der Waals surface area contributed by atoms with Crippen LogP contribution in [0.2, 0.25) is 0 Å². The Kier molecular flexibility index (Phi) is 5.12. The molecule has 0 saturated carbocycles. The summed E-state index contributed by atoms with van der Waals surface area (Å²) < 4.78 is 7.67. The Labute approximate surface area is 119 Å². The summed E-state index contributed by atoms with van der Waals surface area (Å²) in [6.45, 7) is 6.19. The van der Waals surface area contributed by atoms with Crippen LogP contribution in [0.4, 0.5) is 0 Å². The van der Waals surface area contributed by atoms with Crippen molar-refractivity contribution in [1.82, 2.24) is 15.0 Å². The highest BCUT2D eigenvalue weighted by atomic mass is 16.5. The molecule has 0 unspecified atom stereocenters. The summed E-state index contributed by atoms with van der Waals surface area (Å²) in [4.78, 5) is 0. The molecule has 5 nitrogen and oxygen atoms in total. The standard InChI is InChI=1S/C15H22N4O/c1-12(2)11-19-15(14(10-16)17-18-19)8-9-20-13-6-4-3-5-7-13/h3-7,12H,8-11,16H2,1-2H3. The van der Waals surface area contributed by atoms with E-state index in [9.17, 15) is 0 Å². The first-order valence-corrected chi connectivity index (χ1v) is 7.00. The lowest BCUT2D eigenvalue weighted by Crippen LogP contribution is -2.14. The van der Waals surface area contributed by atoms with Gasteiger partial charge in [0.2, 0.25) is 0 Å². The summed E-state index contributed by atoms with van der Waals surface area (Å²) in [7, 11) is 0. The van der Waals surface area contributed by atoms with Gasteiger partial charge in [0.25, 0.3) is 0 Å². The second-order valence-electron chi connectivity index (χ2n) is 5.17. The quantitative estimate of drug-likeness (QED) is 0.838. The molecule has 2 aromatic rings. The van der Waals surface area contributed by atoms with Crippen LogP contribution in [0.3, 0.4) is 0 Å². The van der Waals surface area contributed by atoms with Gasteiger partial charge in [-0.25, -0.2) is 4.68 Å². The Hall–Kier alpha value is -1.88. The average Bonchev–Trinajstić information content (AvgIpc) is 2.82. The second-order valence-corrected chi connectivity index (χ2v) is 5.17. The smallest absolute Gasteiger partial charge is 0.119 e. The average molecular weight is 274 g/mol. The largest absolute Gasteiger partial charge is 0.493 e. The second kappa shape index (κ2) is 7.05. The highest BCUT2D eigenvalue weighted by Gasteiger charge is 2.12. The molecule has 0 bridgehead atoms. The molecule has 0 amide bonds. The molecular weight excluding hydrogens is 252 g/mol. The summed E-state index contributed by atoms with van der Waals surface area (Å²) in [6.07, 6.45) is 0.765. The lowest BCUT2D eigenvalue weighted by atomic mass is 10.2. The fraction of sp³-hybridized carbons (Fsp3) is 0.467. The number of hydrogen-bond acceptors (Lipinski definition) is 4. The third-order valence-electron chi connectivity index (χ3n) is 3.00. The van der Waals surface area contributed by atoms with Crippen molar-refractivity contribution in [1.29, 1.82) is 0 Å².